The van der Waals surface area contributed by atoms with E-state index < -0.39 is 0 Å². The molecule has 0 saturated heterocycles. The quantitative estimate of drug-likeness (QED) is 0.582. The predicted octanol–water partition coefficient (Wildman–Crippen LogP) is 0.00600. The van der Waals surface area contributed by atoms with Gasteiger partial charge in [-0.2, -0.15) is 0 Å². The number of benzene rings is 1. The molecule has 0 radical (unpaired) electrons. The van der Waals surface area contributed by atoms with Crippen LogP contribution < -0.4 is 25.3 Å². The van der Waals surface area contributed by atoms with Gasteiger partial charge in [0.1, 0.15) is 17.2 Å². The second-order valence-corrected chi connectivity index (χ2v) is 5.05. The van der Waals surface area contributed by atoms with E-state index in [4.69, 9.17) is 19.9 Å². The fraction of sp³-hybridized carbons (Fsp3) is 0.500. The zero-order valence-electron chi connectivity index (χ0n) is 14.3. The number of hydrogen-bond donors (Lipinski definition) is 2. The van der Waals surface area contributed by atoms with E-state index >= 15 is 0 Å². The lowest BCUT2D eigenvalue weighted by atomic mass is 10.3. The van der Waals surface area contributed by atoms with Crippen LogP contribution >= 0.6 is 0 Å². The molecule has 0 saturated carbocycles. The van der Waals surface area contributed by atoms with Gasteiger partial charge >= 0.3 is 0 Å². The summed E-state index contributed by atoms with van der Waals surface area (Å²) in [7, 11) is 4.82. The highest BCUT2D eigenvalue weighted by Crippen LogP contribution is 2.27. The lowest BCUT2D eigenvalue weighted by molar-refractivity contribution is -0.131. The van der Waals surface area contributed by atoms with Gasteiger partial charge in [0.2, 0.25) is 11.8 Å². The Morgan fingerprint density at radius 3 is 2.25 bits per heavy atom. The van der Waals surface area contributed by atoms with Crippen LogP contribution in [0.5, 0.6) is 17.2 Å². The third kappa shape index (κ3) is 6.74. The number of hydrogen-bond acceptors (Lipinski definition) is 6. The number of likely N-dealkylation sites (N-methyl/N-ethyl adjacent to an activating group) is 1. The van der Waals surface area contributed by atoms with Crippen molar-refractivity contribution in [2.75, 3.05) is 47.5 Å². The molecule has 0 aromatic heterocycles. The largest absolute Gasteiger partial charge is 0.496 e. The van der Waals surface area contributed by atoms with Crippen molar-refractivity contribution in [3.63, 3.8) is 0 Å². The van der Waals surface area contributed by atoms with E-state index in [0.29, 0.717) is 36.8 Å². The number of nitrogens with one attached hydrogen (secondary N) is 1. The number of carbonyl (C=O) groups is 2. The van der Waals surface area contributed by atoms with Crippen molar-refractivity contribution in [3.8, 4) is 17.2 Å². The topological polar surface area (TPSA) is 103 Å². The average molecular weight is 339 g/mol. The van der Waals surface area contributed by atoms with Crippen LogP contribution in [0.3, 0.4) is 0 Å². The second kappa shape index (κ2) is 10.3. The Labute approximate surface area is 141 Å². The lowest BCUT2D eigenvalue weighted by Gasteiger charge is -2.17. The van der Waals surface area contributed by atoms with Crippen LogP contribution in [0.1, 0.15) is 6.42 Å². The molecule has 2 amide bonds. The van der Waals surface area contributed by atoms with Crippen LogP contribution in [0.15, 0.2) is 18.2 Å². The number of nitrogens with zero attached hydrogens (tertiary/aromatic N) is 1. The molecule has 0 spiro atoms. The van der Waals surface area contributed by atoms with Crippen LogP contribution in [0.25, 0.3) is 0 Å². The second-order valence-electron chi connectivity index (χ2n) is 5.05. The smallest absolute Gasteiger partial charge is 0.241 e. The van der Waals surface area contributed by atoms with Gasteiger partial charge in [-0.15, -0.1) is 0 Å². The molecule has 8 nitrogen and oxygen atoms in total. The zero-order chi connectivity index (χ0) is 17.9. The van der Waals surface area contributed by atoms with Gasteiger partial charge in [0, 0.05) is 31.8 Å². The van der Waals surface area contributed by atoms with E-state index in [2.05, 4.69) is 5.32 Å². The SMILES string of the molecule is COc1cc(OC)cc(OCCCN(C)C(=O)CNC(=O)CN)c1. The molecular weight excluding hydrogens is 314 g/mol. The van der Waals surface area contributed by atoms with Crippen LogP contribution in [0.2, 0.25) is 0 Å². The number of amides is 2. The summed E-state index contributed by atoms with van der Waals surface area (Å²) in [5, 5.41) is 2.44. The van der Waals surface area contributed by atoms with Gasteiger partial charge in [-0.05, 0) is 6.42 Å². The molecule has 0 aliphatic rings. The Kier molecular flexibility index (Phi) is 8.42. The third-order valence-electron chi connectivity index (χ3n) is 3.28. The molecule has 0 atom stereocenters. The molecule has 0 bridgehead atoms. The van der Waals surface area contributed by atoms with E-state index in [1.165, 1.54) is 4.90 Å². The van der Waals surface area contributed by atoms with Gasteiger partial charge in [0.15, 0.2) is 0 Å². The van der Waals surface area contributed by atoms with Crippen molar-refractivity contribution >= 4 is 11.8 Å². The van der Waals surface area contributed by atoms with Crippen molar-refractivity contribution in [2.24, 2.45) is 5.73 Å². The normalized spacial score (nSPS) is 10.0. The lowest BCUT2D eigenvalue weighted by Crippen LogP contribution is -2.40. The molecule has 0 fully saturated rings. The van der Waals surface area contributed by atoms with E-state index in [-0.39, 0.29) is 24.9 Å². The summed E-state index contributed by atoms with van der Waals surface area (Å²) in [6.45, 7) is 0.761. The Bertz CT molecular complexity index is 528. The van der Waals surface area contributed by atoms with Gasteiger partial charge in [-0.3, -0.25) is 9.59 Å². The maximum atomic E-state index is 11.8. The summed E-state index contributed by atoms with van der Waals surface area (Å²) in [6, 6.07) is 5.29. The molecule has 0 heterocycles. The Balaban J connectivity index is 2.35. The van der Waals surface area contributed by atoms with Crippen molar-refractivity contribution in [3.05, 3.63) is 18.2 Å². The van der Waals surface area contributed by atoms with Gasteiger partial charge in [0.25, 0.3) is 0 Å². The minimum absolute atomic E-state index is 0.0551. The first-order valence-corrected chi connectivity index (χ1v) is 7.56. The highest BCUT2D eigenvalue weighted by Gasteiger charge is 2.09. The van der Waals surface area contributed by atoms with Gasteiger partial charge in [-0.25, -0.2) is 0 Å². The molecule has 0 unspecified atom stereocenters. The summed E-state index contributed by atoms with van der Waals surface area (Å²) in [5.74, 6) is 1.39. The maximum Gasteiger partial charge on any atom is 0.241 e. The molecule has 1 rings (SSSR count). The minimum Gasteiger partial charge on any atom is -0.496 e. The van der Waals surface area contributed by atoms with E-state index in [0.717, 1.165) is 0 Å². The van der Waals surface area contributed by atoms with Gasteiger partial charge in [-0.1, -0.05) is 0 Å². The molecule has 8 heteroatoms. The number of carbonyl (C=O) groups excluding carboxylic acids is 2. The number of nitrogens with two attached hydrogens (primary N) is 1. The first-order valence-electron chi connectivity index (χ1n) is 7.56. The standard InChI is InChI=1S/C16H25N3O5/c1-19(16(21)11-18-15(20)10-17)5-4-6-24-14-8-12(22-2)7-13(9-14)23-3/h7-9H,4-6,10-11,17H2,1-3H3,(H,18,20). The fourth-order valence-electron chi connectivity index (χ4n) is 1.86. The molecular formula is C16H25N3O5. The molecule has 1 aromatic carbocycles. The van der Waals surface area contributed by atoms with Crippen molar-refractivity contribution < 1.29 is 23.8 Å². The molecule has 0 aliphatic heterocycles. The number of rotatable bonds is 10. The number of ether oxygens (including phenoxy) is 3. The third-order valence-corrected chi connectivity index (χ3v) is 3.28. The maximum absolute atomic E-state index is 11.8. The fourth-order valence-corrected chi connectivity index (χ4v) is 1.86. The Morgan fingerprint density at radius 1 is 1.12 bits per heavy atom. The summed E-state index contributed by atoms with van der Waals surface area (Å²) in [5.41, 5.74) is 5.16. The molecule has 134 valence electrons. The minimum atomic E-state index is -0.355. The van der Waals surface area contributed by atoms with Crippen molar-refractivity contribution in [2.45, 2.75) is 6.42 Å². The summed E-state index contributed by atoms with van der Waals surface area (Å²) in [6.07, 6.45) is 0.645. The van der Waals surface area contributed by atoms with Crippen LogP contribution in [0, 0.1) is 0 Å². The summed E-state index contributed by atoms with van der Waals surface area (Å²) in [4.78, 5) is 24.3. The predicted molar refractivity (Wildman–Crippen MR) is 89.4 cm³/mol. The first kappa shape index (κ1) is 19.6. The monoisotopic (exact) mass is 339 g/mol. The highest BCUT2D eigenvalue weighted by atomic mass is 16.5. The van der Waals surface area contributed by atoms with Crippen LogP contribution in [0.4, 0.5) is 0 Å². The van der Waals surface area contributed by atoms with Crippen molar-refractivity contribution in [1.29, 1.82) is 0 Å². The zero-order valence-corrected chi connectivity index (χ0v) is 14.3. The average Bonchev–Trinajstić information content (AvgIpc) is 2.62. The highest BCUT2D eigenvalue weighted by molar-refractivity contribution is 5.85. The van der Waals surface area contributed by atoms with E-state index in [9.17, 15) is 9.59 Å². The molecule has 24 heavy (non-hydrogen) atoms. The summed E-state index contributed by atoms with van der Waals surface area (Å²) >= 11 is 0. The van der Waals surface area contributed by atoms with Crippen LogP contribution in [-0.2, 0) is 9.59 Å². The molecule has 1 aromatic rings. The number of methoxy groups -OCH3 is 2. The van der Waals surface area contributed by atoms with Gasteiger partial charge in [0.05, 0.1) is 33.9 Å². The Morgan fingerprint density at radius 2 is 1.71 bits per heavy atom. The van der Waals surface area contributed by atoms with Crippen molar-refractivity contribution in [1.82, 2.24) is 10.2 Å². The van der Waals surface area contributed by atoms with E-state index in [1.54, 1.807) is 39.5 Å². The Hall–Kier alpha value is -2.48. The van der Waals surface area contributed by atoms with Gasteiger partial charge < -0.3 is 30.2 Å². The summed E-state index contributed by atoms with van der Waals surface area (Å²) < 4.78 is 16.0. The molecule has 0 aliphatic carbocycles. The first-order chi connectivity index (χ1) is 11.5. The molecule has 3 N–H and O–H groups in total. The van der Waals surface area contributed by atoms with Crippen LogP contribution in [-0.4, -0.2) is 64.2 Å². The van der Waals surface area contributed by atoms with E-state index in [1.807, 2.05) is 0 Å².